The van der Waals surface area contributed by atoms with E-state index in [9.17, 15) is 9.59 Å². The fourth-order valence-corrected chi connectivity index (χ4v) is 2.40. The molecule has 2 N–H and O–H groups in total. The lowest BCUT2D eigenvalue weighted by molar-refractivity contribution is -0.140. The third-order valence-electron chi connectivity index (χ3n) is 3.84. The quantitative estimate of drug-likeness (QED) is 0.904. The van der Waals surface area contributed by atoms with Crippen LogP contribution in [-0.4, -0.2) is 32.3 Å². The van der Waals surface area contributed by atoms with Crippen LogP contribution in [0.25, 0.3) is 5.69 Å². The number of rotatable bonds is 4. The molecule has 22 heavy (non-hydrogen) atoms. The summed E-state index contributed by atoms with van der Waals surface area (Å²) in [6.07, 6.45) is 2.36. The molecule has 0 saturated heterocycles. The van der Waals surface area contributed by atoms with Crippen LogP contribution in [0, 0.1) is 6.92 Å². The maximum absolute atomic E-state index is 12.3. The van der Waals surface area contributed by atoms with Gasteiger partial charge < -0.3 is 10.4 Å². The van der Waals surface area contributed by atoms with Gasteiger partial charge >= 0.3 is 5.97 Å². The van der Waals surface area contributed by atoms with E-state index in [4.69, 9.17) is 16.7 Å². The van der Waals surface area contributed by atoms with Crippen molar-refractivity contribution in [3.8, 4) is 5.69 Å². The van der Waals surface area contributed by atoms with Crippen LogP contribution in [0.5, 0.6) is 0 Å². The number of amides is 1. The van der Waals surface area contributed by atoms with E-state index in [1.807, 2.05) is 0 Å². The molecule has 1 aliphatic rings. The first-order valence-corrected chi connectivity index (χ1v) is 7.17. The summed E-state index contributed by atoms with van der Waals surface area (Å²) in [6.45, 7) is 1.76. The monoisotopic (exact) mass is 319 g/mol. The molecule has 0 aliphatic heterocycles. The fourth-order valence-electron chi connectivity index (χ4n) is 2.28. The number of carbonyl (C=O) groups is 2. The van der Waals surface area contributed by atoms with Gasteiger partial charge in [-0.3, -0.25) is 4.79 Å². The van der Waals surface area contributed by atoms with Crippen molar-refractivity contribution in [2.24, 2.45) is 0 Å². The van der Waals surface area contributed by atoms with Gasteiger partial charge in [0.05, 0.1) is 23.1 Å². The minimum absolute atomic E-state index is 0.363. The molecule has 0 radical (unpaired) electrons. The van der Waals surface area contributed by atoms with Crippen molar-refractivity contribution in [2.75, 3.05) is 0 Å². The van der Waals surface area contributed by atoms with Gasteiger partial charge in [0.1, 0.15) is 5.54 Å². The molecule has 3 rings (SSSR count). The fraction of sp³-hybridized carbons (Fsp3) is 0.267. The first kappa shape index (κ1) is 14.6. The van der Waals surface area contributed by atoms with E-state index in [0.717, 1.165) is 5.69 Å². The Morgan fingerprint density at radius 2 is 1.95 bits per heavy atom. The van der Waals surface area contributed by atoms with Gasteiger partial charge in [-0.05, 0) is 44.0 Å². The first-order valence-electron chi connectivity index (χ1n) is 6.79. The summed E-state index contributed by atoms with van der Waals surface area (Å²) in [4.78, 5) is 23.4. The average Bonchev–Trinajstić information content (AvgIpc) is 3.16. The van der Waals surface area contributed by atoms with Gasteiger partial charge in [0, 0.05) is 5.02 Å². The normalized spacial score (nSPS) is 15.4. The number of carboxylic acid groups (broad SMARTS) is 1. The standard InChI is InChI=1S/C15H14ClN3O3/c1-9-12(13(20)18-15(6-7-15)14(21)22)8-17-19(9)11-4-2-10(16)3-5-11/h2-5,8H,6-7H2,1H3,(H,18,20)(H,21,22). The molecule has 0 unspecified atom stereocenters. The SMILES string of the molecule is Cc1c(C(=O)NC2(C(=O)O)CC2)cnn1-c1ccc(Cl)cc1. The van der Waals surface area contributed by atoms with Crippen LogP contribution < -0.4 is 5.32 Å². The van der Waals surface area contributed by atoms with Crippen molar-refractivity contribution in [1.29, 1.82) is 0 Å². The molecule has 0 bridgehead atoms. The van der Waals surface area contributed by atoms with E-state index < -0.39 is 17.4 Å². The second kappa shape index (κ2) is 5.14. The van der Waals surface area contributed by atoms with Crippen LogP contribution in [0.1, 0.15) is 28.9 Å². The minimum Gasteiger partial charge on any atom is -0.480 e. The summed E-state index contributed by atoms with van der Waals surface area (Å²) in [5.41, 5.74) is 0.676. The predicted octanol–water partition coefficient (Wildman–Crippen LogP) is 2.18. The number of carbonyl (C=O) groups excluding carboxylic acids is 1. The summed E-state index contributed by atoms with van der Waals surface area (Å²) >= 11 is 5.85. The predicted molar refractivity (Wildman–Crippen MR) is 80.4 cm³/mol. The van der Waals surface area contributed by atoms with E-state index in [2.05, 4.69) is 10.4 Å². The number of nitrogens with zero attached hydrogens (tertiary/aromatic N) is 2. The number of hydrogen-bond donors (Lipinski definition) is 2. The van der Waals surface area contributed by atoms with Gasteiger partial charge in [0.2, 0.25) is 0 Å². The molecule has 2 aromatic rings. The topological polar surface area (TPSA) is 84.2 Å². The van der Waals surface area contributed by atoms with Crippen molar-refractivity contribution in [3.63, 3.8) is 0 Å². The lowest BCUT2D eigenvalue weighted by Crippen LogP contribution is -2.43. The molecule has 114 valence electrons. The van der Waals surface area contributed by atoms with Crippen LogP contribution in [0.4, 0.5) is 0 Å². The van der Waals surface area contributed by atoms with E-state index in [1.165, 1.54) is 6.20 Å². The van der Waals surface area contributed by atoms with E-state index in [-0.39, 0.29) is 0 Å². The molecule has 1 aromatic heterocycles. The molecule has 1 aromatic carbocycles. The zero-order valence-electron chi connectivity index (χ0n) is 11.8. The summed E-state index contributed by atoms with van der Waals surface area (Å²) in [7, 11) is 0. The molecule has 0 atom stereocenters. The number of nitrogens with one attached hydrogen (secondary N) is 1. The zero-order valence-corrected chi connectivity index (χ0v) is 12.6. The Labute approximate surface area is 131 Å². The highest BCUT2D eigenvalue weighted by atomic mass is 35.5. The van der Waals surface area contributed by atoms with E-state index in [1.54, 1.807) is 35.9 Å². The first-order chi connectivity index (χ1) is 10.4. The largest absolute Gasteiger partial charge is 0.480 e. The zero-order chi connectivity index (χ0) is 15.9. The van der Waals surface area contributed by atoms with Gasteiger partial charge in [-0.25, -0.2) is 9.48 Å². The van der Waals surface area contributed by atoms with Crippen molar-refractivity contribution in [1.82, 2.24) is 15.1 Å². The van der Waals surface area contributed by atoms with Crippen molar-refractivity contribution < 1.29 is 14.7 Å². The third kappa shape index (κ3) is 2.46. The second-order valence-corrected chi connectivity index (χ2v) is 5.81. The molecule has 1 saturated carbocycles. The van der Waals surface area contributed by atoms with Crippen LogP contribution in [0.15, 0.2) is 30.5 Å². The molecular weight excluding hydrogens is 306 g/mol. The van der Waals surface area contributed by atoms with Crippen molar-refractivity contribution >= 4 is 23.5 Å². The lowest BCUT2D eigenvalue weighted by Gasteiger charge is -2.12. The van der Waals surface area contributed by atoms with Crippen molar-refractivity contribution in [2.45, 2.75) is 25.3 Å². The van der Waals surface area contributed by atoms with E-state index >= 15 is 0 Å². The lowest BCUT2D eigenvalue weighted by atomic mass is 10.2. The summed E-state index contributed by atoms with van der Waals surface area (Å²) < 4.78 is 1.62. The number of hydrogen-bond acceptors (Lipinski definition) is 3. The van der Waals surface area contributed by atoms with Crippen LogP contribution in [0.2, 0.25) is 5.02 Å². The van der Waals surface area contributed by atoms with Gasteiger partial charge in [0.15, 0.2) is 0 Å². The maximum Gasteiger partial charge on any atom is 0.329 e. The molecule has 6 nitrogen and oxygen atoms in total. The highest BCUT2D eigenvalue weighted by Crippen LogP contribution is 2.36. The third-order valence-corrected chi connectivity index (χ3v) is 4.09. The highest BCUT2D eigenvalue weighted by Gasteiger charge is 2.51. The Hall–Kier alpha value is -2.34. The van der Waals surface area contributed by atoms with Gasteiger partial charge in [-0.2, -0.15) is 5.10 Å². The Bertz CT molecular complexity index is 748. The number of benzene rings is 1. The van der Waals surface area contributed by atoms with Gasteiger partial charge in [-0.1, -0.05) is 11.6 Å². The van der Waals surface area contributed by atoms with Crippen LogP contribution >= 0.6 is 11.6 Å². The van der Waals surface area contributed by atoms with Crippen LogP contribution in [-0.2, 0) is 4.79 Å². The molecule has 7 heteroatoms. The van der Waals surface area contributed by atoms with Crippen molar-refractivity contribution in [3.05, 3.63) is 46.7 Å². The Morgan fingerprint density at radius 1 is 1.32 bits per heavy atom. The molecule has 1 aliphatic carbocycles. The smallest absolute Gasteiger partial charge is 0.329 e. The molecule has 1 fully saturated rings. The second-order valence-electron chi connectivity index (χ2n) is 5.37. The highest BCUT2D eigenvalue weighted by molar-refractivity contribution is 6.30. The van der Waals surface area contributed by atoms with Gasteiger partial charge in [-0.15, -0.1) is 0 Å². The van der Waals surface area contributed by atoms with Crippen LogP contribution in [0.3, 0.4) is 0 Å². The Balaban J connectivity index is 1.86. The maximum atomic E-state index is 12.3. The summed E-state index contributed by atoms with van der Waals surface area (Å²) in [6, 6.07) is 7.07. The summed E-state index contributed by atoms with van der Waals surface area (Å²) in [5, 5.41) is 16.5. The average molecular weight is 320 g/mol. The number of aromatic nitrogens is 2. The summed E-state index contributed by atoms with van der Waals surface area (Å²) in [5.74, 6) is -1.42. The molecule has 0 spiro atoms. The van der Waals surface area contributed by atoms with Gasteiger partial charge in [0.25, 0.3) is 5.91 Å². The number of aliphatic carboxylic acids is 1. The minimum atomic E-state index is -1.11. The molecule has 1 heterocycles. The molecule has 1 amide bonds. The van der Waals surface area contributed by atoms with E-state index in [0.29, 0.717) is 29.1 Å². The number of halogens is 1. The molecular formula is C15H14ClN3O3. The Kier molecular flexibility index (Phi) is 3.41. The Morgan fingerprint density at radius 3 is 2.50 bits per heavy atom. The number of carboxylic acids is 1.